The first-order valence-electron chi connectivity index (χ1n) is 8.26. The van der Waals surface area contributed by atoms with Crippen LogP contribution in [0.25, 0.3) is 0 Å². The van der Waals surface area contributed by atoms with Crippen LogP contribution < -0.4 is 20.5 Å². The first kappa shape index (κ1) is 20.0. The Balaban J connectivity index is 0.000000244. The van der Waals surface area contributed by atoms with E-state index in [-0.39, 0.29) is 11.3 Å². The number of nitrogens with one attached hydrogen (secondary N) is 1. The number of carbonyl (C=O) groups excluding carboxylic acids is 1. The standard InChI is InChI=1S/C13H17NO4.C5H5NO3/c1-8(2)7-14-10-6-12-11(17-3-4-18-12)5-9(10)13(15)16;6-5(7)4-3-8-1-2-9-4/h5-6,8,14H,3-4,7H2,1-2H3,(H,15,16);1-3H,(H2,6,7). The lowest BCUT2D eigenvalue weighted by atomic mass is 10.1. The van der Waals surface area contributed by atoms with Crippen molar-refractivity contribution in [2.45, 2.75) is 13.8 Å². The summed E-state index contributed by atoms with van der Waals surface area (Å²) in [6, 6.07) is 3.21. The summed E-state index contributed by atoms with van der Waals surface area (Å²) in [6.07, 6.45) is 3.68. The van der Waals surface area contributed by atoms with Gasteiger partial charge in [0.1, 0.15) is 32.0 Å². The van der Waals surface area contributed by atoms with Gasteiger partial charge in [0.25, 0.3) is 5.91 Å². The van der Waals surface area contributed by atoms with E-state index >= 15 is 0 Å². The molecule has 3 rings (SSSR count). The van der Waals surface area contributed by atoms with E-state index in [0.29, 0.717) is 42.9 Å². The van der Waals surface area contributed by atoms with E-state index < -0.39 is 11.9 Å². The molecule has 27 heavy (non-hydrogen) atoms. The highest BCUT2D eigenvalue weighted by molar-refractivity contribution is 5.95. The van der Waals surface area contributed by atoms with Crippen LogP contribution in [0.1, 0.15) is 24.2 Å². The molecule has 0 atom stereocenters. The molecule has 0 aliphatic carbocycles. The molecule has 0 radical (unpaired) electrons. The molecule has 0 unspecified atom stereocenters. The van der Waals surface area contributed by atoms with Crippen molar-refractivity contribution in [3.63, 3.8) is 0 Å². The maximum Gasteiger partial charge on any atom is 0.337 e. The first-order valence-corrected chi connectivity index (χ1v) is 8.26. The molecule has 2 aliphatic rings. The Labute approximate surface area is 156 Å². The van der Waals surface area contributed by atoms with Gasteiger partial charge in [0.15, 0.2) is 11.5 Å². The number of carbonyl (C=O) groups is 2. The summed E-state index contributed by atoms with van der Waals surface area (Å²) >= 11 is 0. The van der Waals surface area contributed by atoms with Crippen LogP contribution in [0.15, 0.2) is 36.7 Å². The molecule has 0 fully saturated rings. The number of hydrogen-bond donors (Lipinski definition) is 3. The number of amides is 1. The number of anilines is 1. The minimum atomic E-state index is -0.974. The summed E-state index contributed by atoms with van der Waals surface area (Å²) in [5.41, 5.74) is 5.60. The fraction of sp³-hybridized carbons (Fsp3) is 0.333. The maximum absolute atomic E-state index is 11.2. The molecule has 1 aromatic carbocycles. The minimum Gasteiger partial charge on any atom is -0.486 e. The molecular formula is C18H22N2O7. The average Bonchev–Trinajstić information content (AvgIpc) is 2.66. The zero-order valence-corrected chi connectivity index (χ0v) is 15.1. The zero-order valence-electron chi connectivity index (χ0n) is 15.1. The van der Waals surface area contributed by atoms with Gasteiger partial charge in [-0.3, -0.25) is 4.79 Å². The van der Waals surface area contributed by atoms with E-state index in [2.05, 4.69) is 28.6 Å². The van der Waals surface area contributed by atoms with E-state index in [1.54, 1.807) is 6.07 Å². The van der Waals surface area contributed by atoms with Gasteiger partial charge in [0, 0.05) is 18.7 Å². The molecule has 2 heterocycles. The van der Waals surface area contributed by atoms with Crippen molar-refractivity contribution in [2.24, 2.45) is 11.7 Å². The monoisotopic (exact) mass is 378 g/mol. The predicted molar refractivity (Wildman–Crippen MR) is 96.3 cm³/mol. The molecule has 2 aliphatic heterocycles. The smallest absolute Gasteiger partial charge is 0.337 e. The Bertz CT molecular complexity index is 756. The third-order valence-corrected chi connectivity index (χ3v) is 3.36. The van der Waals surface area contributed by atoms with E-state index in [1.807, 2.05) is 0 Å². The summed E-state index contributed by atoms with van der Waals surface area (Å²) in [6.45, 7) is 5.77. The number of ether oxygens (including phenoxy) is 4. The van der Waals surface area contributed by atoms with Gasteiger partial charge in [0.2, 0.25) is 5.76 Å². The molecule has 0 bridgehead atoms. The average molecular weight is 378 g/mol. The number of benzene rings is 1. The van der Waals surface area contributed by atoms with Crippen molar-refractivity contribution in [1.82, 2.24) is 0 Å². The van der Waals surface area contributed by atoms with Gasteiger partial charge in [0.05, 0.1) is 11.3 Å². The topological polar surface area (TPSA) is 129 Å². The van der Waals surface area contributed by atoms with Crippen LogP contribution in [0.3, 0.4) is 0 Å². The van der Waals surface area contributed by atoms with E-state index in [9.17, 15) is 14.7 Å². The third-order valence-electron chi connectivity index (χ3n) is 3.36. The molecular weight excluding hydrogens is 356 g/mol. The summed E-state index contributed by atoms with van der Waals surface area (Å²) < 4.78 is 20.0. The van der Waals surface area contributed by atoms with Gasteiger partial charge in [-0.2, -0.15) is 0 Å². The Morgan fingerprint density at radius 3 is 2.33 bits per heavy atom. The van der Waals surface area contributed by atoms with Gasteiger partial charge in [-0.1, -0.05) is 13.8 Å². The third kappa shape index (κ3) is 5.84. The van der Waals surface area contributed by atoms with Gasteiger partial charge < -0.3 is 35.1 Å². The van der Waals surface area contributed by atoms with Gasteiger partial charge >= 0.3 is 5.97 Å². The Kier molecular flexibility index (Phi) is 6.93. The summed E-state index contributed by atoms with van der Waals surface area (Å²) in [7, 11) is 0. The highest BCUT2D eigenvalue weighted by Gasteiger charge is 2.19. The van der Waals surface area contributed by atoms with Crippen LogP contribution in [-0.2, 0) is 14.3 Å². The molecule has 9 heteroatoms. The molecule has 0 saturated carbocycles. The second-order valence-corrected chi connectivity index (χ2v) is 5.99. The van der Waals surface area contributed by atoms with Crippen LogP contribution in [0, 0.1) is 5.92 Å². The highest BCUT2D eigenvalue weighted by atomic mass is 16.6. The van der Waals surface area contributed by atoms with E-state index in [1.165, 1.54) is 18.6 Å². The lowest BCUT2D eigenvalue weighted by Crippen LogP contribution is -2.17. The van der Waals surface area contributed by atoms with Crippen LogP contribution in [0.4, 0.5) is 5.69 Å². The van der Waals surface area contributed by atoms with Gasteiger partial charge in [-0.15, -0.1) is 0 Å². The Hall–Kier alpha value is -3.36. The molecule has 0 spiro atoms. The quantitative estimate of drug-likeness (QED) is 0.710. The lowest BCUT2D eigenvalue weighted by molar-refractivity contribution is -0.117. The number of carboxylic acids is 1. The number of carboxylic acid groups (broad SMARTS) is 1. The number of fused-ring (bicyclic) bond motifs is 1. The van der Waals surface area contributed by atoms with Crippen molar-refractivity contribution in [2.75, 3.05) is 25.1 Å². The number of primary amides is 1. The maximum atomic E-state index is 11.2. The second kappa shape index (κ2) is 9.37. The normalized spacial score (nSPS) is 14.1. The molecule has 0 aromatic heterocycles. The first-order chi connectivity index (χ1) is 12.9. The number of aromatic carboxylic acids is 1. The molecule has 1 amide bonds. The fourth-order valence-corrected chi connectivity index (χ4v) is 2.10. The largest absolute Gasteiger partial charge is 0.486 e. The number of hydrogen-bond acceptors (Lipinski definition) is 7. The zero-order chi connectivity index (χ0) is 19.8. The predicted octanol–water partition coefficient (Wildman–Crippen LogP) is 2.05. The van der Waals surface area contributed by atoms with Gasteiger partial charge in [-0.05, 0) is 5.92 Å². The lowest BCUT2D eigenvalue weighted by Gasteiger charge is -2.21. The van der Waals surface area contributed by atoms with Crippen LogP contribution in [-0.4, -0.2) is 36.7 Å². The minimum absolute atomic E-state index is 0.0116. The number of rotatable bonds is 5. The van der Waals surface area contributed by atoms with Crippen LogP contribution in [0.5, 0.6) is 11.5 Å². The highest BCUT2D eigenvalue weighted by Crippen LogP contribution is 2.35. The Morgan fingerprint density at radius 2 is 1.85 bits per heavy atom. The summed E-state index contributed by atoms with van der Waals surface area (Å²) in [4.78, 5) is 21.5. The van der Waals surface area contributed by atoms with Crippen LogP contribution in [0.2, 0.25) is 0 Å². The molecule has 146 valence electrons. The van der Waals surface area contributed by atoms with Gasteiger partial charge in [-0.25, -0.2) is 4.79 Å². The van der Waals surface area contributed by atoms with Crippen LogP contribution >= 0.6 is 0 Å². The van der Waals surface area contributed by atoms with Crippen molar-refractivity contribution >= 4 is 17.6 Å². The van der Waals surface area contributed by atoms with Crippen molar-refractivity contribution < 1.29 is 33.6 Å². The summed E-state index contributed by atoms with van der Waals surface area (Å²) in [5.74, 6) is -0.0822. The SMILES string of the molecule is CC(C)CNc1cc2c(cc1C(=O)O)OCCO2.NC(=O)C1=COC=CO1. The summed E-state index contributed by atoms with van der Waals surface area (Å²) in [5, 5.41) is 12.3. The molecule has 4 N–H and O–H groups in total. The Morgan fingerprint density at radius 1 is 1.19 bits per heavy atom. The fourth-order valence-electron chi connectivity index (χ4n) is 2.10. The molecule has 0 saturated heterocycles. The van der Waals surface area contributed by atoms with Crippen molar-refractivity contribution in [3.05, 3.63) is 42.2 Å². The number of nitrogens with two attached hydrogens (primary N) is 1. The van der Waals surface area contributed by atoms with Crippen molar-refractivity contribution in [3.8, 4) is 11.5 Å². The van der Waals surface area contributed by atoms with E-state index in [4.69, 9.17) is 15.2 Å². The second-order valence-electron chi connectivity index (χ2n) is 5.99. The van der Waals surface area contributed by atoms with Crippen molar-refractivity contribution in [1.29, 1.82) is 0 Å². The van der Waals surface area contributed by atoms with E-state index in [0.717, 1.165) is 6.26 Å². The molecule has 1 aromatic rings. The molecule has 9 nitrogen and oxygen atoms in total.